The van der Waals surface area contributed by atoms with Crippen LogP contribution in [0.3, 0.4) is 0 Å². The van der Waals surface area contributed by atoms with Gasteiger partial charge in [0.25, 0.3) is 0 Å². The summed E-state index contributed by atoms with van der Waals surface area (Å²) in [6.45, 7) is 0. The molecule has 0 atom stereocenters. The molecule has 0 spiro atoms. The maximum Gasteiger partial charge on any atom is 0.140 e. The van der Waals surface area contributed by atoms with Crippen LogP contribution in [0.5, 0.6) is 0 Å². The highest BCUT2D eigenvalue weighted by atomic mass is 127. The van der Waals surface area contributed by atoms with Crippen molar-refractivity contribution in [2.24, 2.45) is 0 Å². The van der Waals surface area contributed by atoms with Gasteiger partial charge in [0.2, 0.25) is 0 Å². The third-order valence-corrected chi connectivity index (χ3v) is 2.90. The maximum atomic E-state index is 12.9. The van der Waals surface area contributed by atoms with Crippen LogP contribution in [0.15, 0.2) is 30.5 Å². The average molecular weight is 329 g/mol. The average Bonchev–Trinajstić information content (AvgIpc) is 2.24. The van der Waals surface area contributed by atoms with Crippen LogP contribution in [0, 0.1) is 9.39 Å². The van der Waals surface area contributed by atoms with Crippen LogP contribution >= 0.6 is 22.6 Å². The number of hydrogen-bond acceptors (Lipinski definition) is 3. The number of aromatic nitrogens is 2. The molecule has 2 aromatic rings. The molecule has 82 valence electrons. The highest BCUT2D eigenvalue weighted by molar-refractivity contribution is 14.1. The Hall–Kier alpha value is -1.24. The Bertz CT molecular complexity index is 516. The van der Waals surface area contributed by atoms with Crippen LogP contribution in [-0.4, -0.2) is 9.97 Å². The van der Waals surface area contributed by atoms with E-state index in [0.717, 1.165) is 9.13 Å². The van der Waals surface area contributed by atoms with Crippen molar-refractivity contribution in [2.45, 2.75) is 6.42 Å². The van der Waals surface area contributed by atoms with Crippen LogP contribution in [0.2, 0.25) is 0 Å². The summed E-state index contributed by atoms with van der Waals surface area (Å²) >= 11 is 2.07. The summed E-state index contributed by atoms with van der Waals surface area (Å²) in [6.07, 6.45) is 2.15. The molecule has 0 bridgehead atoms. The van der Waals surface area contributed by atoms with Crippen LogP contribution in [-0.2, 0) is 6.42 Å². The molecule has 2 N–H and O–H groups in total. The van der Waals surface area contributed by atoms with E-state index in [2.05, 4.69) is 32.6 Å². The van der Waals surface area contributed by atoms with Gasteiger partial charge in [0, 0.05) is 12.6 Å². The van der Waals surface area contributed by atoms with E-state index in [1.165, 1.54) is 12.1 Å². The first-order valence-electron chi connectivity index (χ1n) is 4.66. The predicted octanol–water partition coefficient (Wildman–Crippen LogP) is 2.39. The molecular formula is C11H9FIN3. The number of rotatable bonds is 2. The van der Waals surface area contributed by atoms with Crippen molar-refractivity contribution in [3.63, 3.8) is 0 Å². The third-order valence-electron chi connectivity index (χ3n) is 2.07. The molecule has 0 saturated heterocycles. The van der Waals surface area contributed by atoms with Gasteiger partial charge in [-0.15, -0.1) is 0 Å². The molecular weight excluding hydrogens is 320 g/mol. The molecule has 3 nitrogen and oxygen atoms in total. The van der Waals surface area contributed by atoms with Crippen LogP contribution < -0.4 is 5.73 Å². The number of nitrogen functional groups attached to an aromatic ring is 1. The van der Waals surface area contributed by atoms with Crippen molar-refractivity contribution in [1.29, 1.82) is 0 Å². The monoisotopic (exact) mass is 329 g/mol. The number of halogens is 2. The lowest BCUT2D eigenvalue weighted by Crippen LogP contribution is -2.02. The molecule has 1 aromatic heterocycles. The van der Waals surface area contributed by atoms with Crippen LogP contribution in [0.4, 0.5) is 10.2 Å². The Morgan fingerprint density at radius 1 is 1.38 bits per heavy atom. The molecule has 1 aromatic carbocycles. The Morgan fingerprint density at radius 2 is 2.19 bits per heavy atom. The van der Waals surface area contributed by atoms with E-state index in [1.54, 1.807) is 12.3 Å². The van der Waals surface area contributed by atoms with Crippen molar-refractivity contribution in [1.82, 2.24) is 9.97 Å². The minimum absolute atomic E-state index is 0.254. The van der Waals surface area contributed by atoms with Crippen molar-refractivity contribution in [2.75, 3.05) is 5.73 Å². The Balaban J connectivity index is 2.24. The Labute approximate surface area is 106 Å². The lowest BCUT2D eigenvalue weighted by atomic mass is 10.1. The van der Waals surface area contributed by atoms with Gasteiger partial charge in [0.05, 0.1) is 3.57 Å². The minimum Gasteiger partial charge on any atom is -0.383 e. The number of nitrogens with zero attached hydrogens (tertiary/aromatic N) is 2. The second-order valence-electron chi connectivity index (χ2n) is 3.33. The van der Waals surface area contributed by atoms with Crippen molar-refractivity contribution >= 4 is 28.4 Å². The first-order chi connectivity index (χ1) is 7.65. The van der Waals surface area contributed by atoms with E-state index in [0.29, 0.717) is 18.1 Å². The largest absolute Gasteiger partial charge is 0.383 e. The van der Waals surface area contributed by atoms with Gasteiger partial charge in [-0.05, 0) is 40.3 Å². The predicted molar refractivity (Wildman–Crippen MR) is 68.4 cm³/mol. The fourth-order valence-corrected chi connectivity index (χ4v) is 1.59. The molecule has 0 radical (unpaired) electrons. The molecule has 0 aliphatic rings. The normalized spacial score (nSPS) is 10.4. The van der Waals surface area contributed by atoms with E-state index in [4.69, 9.17) is 5.73 Å². The van der Waals surface area contributed by atoms with Gasteiger partial charge < -0.3 is 5.73 Å². The van der Waals surface area contributed by atoms with Gasteiger partial charge in [-0.2, -0.15) is 0 Å². The summed E-state index contributed by atoms with van der Waals surface area (Å²) in [5.41, 5.74) is 6.51. The van der Waals surface area contributed by atoms with Gasteiger partial charge >= 0.3 is 0 Å². The molecule has 0 aliphatic heterocycles. The Kier molecular flexibility index (Phi) is 3.33. The Morgan fingerprint density at radius 3 is 2.88 bits per heavy atom. The maximum absolute atomic E-state index is 12.9. The third kappa shape index (κ3) is 2.66. The van der Waals surface area contributed by atoms with Crippen molar-refractivity contribution in [3.05, 3.63) is 51.2 Å². The molecule has 5 heteroatoms. The molecule has 0 unspecified atom stereocenters. The summed E-state index contributed by atoms with van der Waals surface area (Å²) in [4.78, 5) is 8.28. The van der Waals surface area contributed by atoms with E-state index in [9.17, 15) is 4.39 Å². The SMILES string of the molecule is Nc1nc(Cc2cccc(F)c2)ncc1I. The first kappa shape index (κ1) is 11.3. The first-order valence-corrected chi connectivity index (χ1v) is 5.74. The van der Waals surface area contributed by atoms with E-state index < -0.39 is 0 Å². The van der Waals surface area contributed by atoms with Gasteiger partial charge in [-0.1, -0.05) is 12.1 Å². The highest BCUT2D eigenvalue weighted by Crippen LogP contribution is 2.13. The van der Waals surface area contributed by atoms with Crippen LogP contribution in [0.25, 0.3) is 0 Å². The van der Waals surface area contributed by atoms with Gasteiger partial charge in [-0.3, -0.25) is 0 Å². The van der Waals surface area contributed by atoms with E-state index >= 15 is 0 Å². The lowest BCUT2D eigenvalue weighted by molar-refractivity contribution is 0.626. The molecule has 0 amide bonds. The van der Waals surface area contributed by atoms with E-state index in [-0.39, 0.29) is 5.82 Å². The molecule has 0 saturated carbocycles. The summed E-state index contributed by atoms with van der Waals surface area (Å²) < 4.78 is 13.8. The van der Waals surface area contributed by atoms with Gasteiger partial charge in [-0.25, -0.2) is 14.4 Å². The highest BCUT2D eigenvalue weighted by Gasteiger charge is 2.03. The van der Waals surface area contributed by atoms with Crippen LogP contribution in [0.1, 0.15) is 11.4 Å². The lowest BCUT2D eigenvalue weighted by Gasteiger charge is -2.02. The molecule has 0 fully saturated rings. The smallest absolute Gasteiger partial charge is 0.140 e. The fraction of sp³-hybridized carbons (Fsp3) is 0.0909. The zero-order valence-electron chi connectivity index (χ0n) is 8.32. The summed E-state index contributed by atoms with van der Waals surface area (Å²) in [7, 11) is 0. The zero-order chi connectivity index (χ0) is 11.5. The number of anilines is 1. The zero-order valence-corrected chi connectivity index (χ0v) is 10.5. The van der Waals surface area contributed by atoms with E-state index in [1.807, 2.05) is 6.07 Å². The van der Waals surface area contributed by atoms with Gasteiger partial charge in [0.1, 0.15) is 17.5 Å². The molecule has 0 aliphatic carbocycles. The molecule has 16 heavy (non-hydrogen) atoms. The quantitative estimate of drug-likeness (QED) is 0.861. The van der Waals surface area contributed by atoms with Gasteiger partial charge in [0.15, 0.2) is 0 Å². The second kappa shape index (κ2) is 4.73. The molecule has 1 heterocycles. The summed E-state index contributed by atoms with van der Waals surface area (Å²) in [5, 5.41) is 0. The van der Waals surface area contributed by atoms with Crippen molar-refractivity contribution in [3.8, 4) is 0 Å². The topological polar surface area (TPSA) is 51.8 Å². The fourth-order valence-electron chi connectivity index (χ4n) is 1.33. The summed E-state index contributed by atoms with van der Waals surface area (Å²) in [5.74, 6) is 0.807. The standard InChI is InChI=1S/C11H9FIN3/c12-8-3-1-2-7(4-8)5-10-15-6-9(13)11(14)16-10/h1-4,6H,5H2,(H2,14,15,16). The number of hydrogen-bond donors (Lipinski definition) is 1. The minimum atomic E-state index is -0.254. The number of nitrogens with two attached hydrogens (primary N) is 1. The number of benzene rings is 1. The second-order valence-corrected chi connectivity index (χ2v) is 4.49. The molecule has 2 rings (SSSR count). The van der Waals surface area contributed by atoms with Crippen molar-refractivity contribution < 1.29 is 4.39 Å². The summed E-state index contributed by atoms with van der Waals surface area (Å²) in [6, 6.07) is 6.38.